The van der Waals surface area contributed by atoms with Crippen molar-refractivity contribution in [3.05, 3.63) is 96.3 Å². The normalized spacial score (nSPS) is 11.6. The van der Waals surface area contributed by atoms with E-state index in [1.807, 2.05) is 62.4 Å². The second-order valence-corrected chi connectivity index (χ2v) is 10.4. The van der Waals surface area contributed by atoms with Gasteiger partial charge in [-0.3, -0.25) is 0 Å². The molecule has 0 saturated heterocycles. The Morgan fingerprint density at radius 2 is 1.60 bits per heavy atom. The summed E-state index contributed by atoms with van der Waals surface area (Å²) in [6, 6.07) is 22.1. The van der Waals surface area contributed by atoms with E-state index in [4.69, 9.17) is 10.5 Å². The van der Waals surface area contributed by atoms with Crippen LogP contribution in [-0.2, 0) is 10.0 Å². The van der Waals surface area contributed by atoms with Crippen LogP contribution in [0.3, 0.4) is 0 Å². The molecule has 0 spiro atoms. The van der Waals surface area contributed by atoms with Crippen molar-refractivity contribution in [1.29, 1.82) is 0 Å². The summed E-state index contributed by atoms with van der Waals surface area (Å²) in [5.74, 6) is 0.650. The van der Waals surface area contributed by atoms with E-state index < -0.39 is 10.0 Å². The molecule has 5 rings (SSSR count). The van der Waals surface area contributed by atoms with Crippen LogP contribution < -0.4 is 10.5 Å². The fraction of sp³-hybridized carbons (Fsp3) is 0.107. The van der Waals surface area contributed by atoms with Gasteiger partial charge in [-0.15, -0.1) is 0 Å². The summed E-state index contributed by atoms with van der Waals surface area (Å²) >= 11 is 0. The largest absolute Gasteiger partial charge is 0.496 e. The molecule has 3 aromatic carbocycles. The van der Waals surface area contributed by atoms with Gasteiger partial charge in [0.15, 0.2) is 5.65 Å². The molecular weight excluding hydrogens is 458 g/mol. The summed E-state index contributed by atoms with van der Waals surface area (Å²) in [6.07, 6.45) is 3.31. The Labute approximate surface area is 204 Å². The molecule has 0 aliphatic rings. The van der Waals surface area contributed by atoms with Crippen LogP contribution in [0.5, 0.6) is 5.75 Å². The van der Waals surface area contributed by atoms with Crippen LogP contribution in [0.25, 0.3) is 33.3 Å². The van der Waals surface area contributed by atoms with Gasteiger partial charge in [0.2, 0.25) is 0 Å². The van der Waals surface area contributed by atoms with E-state index in [1.54, 1.807) is 43.8 Å². The molecule has 5 aromatic rings. The predicted octanol–water partition coefficient (Wildman–Crippen LogP) is 5.81. The summed E-state index contributed by atoms with van der Waals surface area (Å²) in [5, 5.41) is 0.699. The van der Waals surface area contributed by atoms with E-state index in [0.29, 0.717) is 22.5 Å². The smallest absolute Gasteiger partial charge is 0.269 e. The number of ether oxygens (including phenoxy) is 1. The molecule has 0 aliphatic heterocycles. The molecule has 176 valence electrons. The van der Waals surface area contributed by atoms with Gasteiger partial charge in [0.1, 0.15) is 5.75 Å². The lowest BCUT2D eigenvalue weighted by Gasteiger charge is -2.09. The maximum absolute atomic E-state index is 13.7. The monoisotopic (exact) mass is 483 g/mol. The number of anilines is 1. The van der Waals surface area contributed by atoms with Gasteiger partial charge in [-0.2, -0.15) is 0 Å². The first-order chi connectivity index (χ1) is 16.8. The van der Waals surface area contributed by atoms with Gasteiger partial charge in [-0.25, -0.2) is 17.4 Å². The number of nitrogens with zero attached hydrogens (tertiary/aromatic N) is 2. The van der Waals surface area contributed by atoms with Crippen molar-refractivity contribution in [3.8, 4) is 28.0 Å². The Bertz CT molecular complexity index is 1670. The lowest BCUT2D eigenvalue weighted by molar-refractivity contribution is 0.416. The first-order valence-electron chi connectivity index (χ1n) is 11.1. The van der Waals surface area contributed by atoms with Crippen LogP contribution >= 0.6 is 0 Å². The van der Waals surface area contributed by atoms with E-state index in [9.17, 15) is 8.42 Å². The average Bonchev–Trinajstić information content (AvgIpc) is 3.24. The molecule has 0 fully saturated rings. The molecule has 35 heavy (non-hydrogen) atoms. The van der Waals surface area contributed by atoms with Crippen LogP contribution in [0.4, 0.5) is 5.69 Å². The number of hydrogen-bond acceptors (Lipinski definition) is 5. The summed E-state index contributed by atoms with van der Waals surface area (Å²) in [5.41, 5.74) is 12.2. The number of nitrogen functional groups attached to an aromatic ring is 1. The number of hydrogen-bond donors (Lipinski definition) is 1. The van der Waals surface area contributed by atoms with Gasteiger partial charge in [0.05, 0.1) is 12.0 Å². The first kappa shape index (κ1) is 22.7. The highest BCUT2D eigenvalue weighted by molar-refractivity contribution is 7.90. The third-order valence-electron chi connectivity index (χ3n) is 6.05. The number of benzene rings is 3. The van der Waals surface area contributed by atoms with Gasteiger partial charge in [-0.05, 0) is 61.9 Å². The molecule has 2 N–H and O–H groups in total. The number of fused-ring (bicyclic) bond motifs is 1. The highest BCUT2D eigenvalue weighted by Crippen LogP contribution is 2.39. The number of methoxy groups -OCH3 is 1. The van der Waals surface area contributed by atoms with Crippen molar-refractivity contribution in [2.24, 2.45) is 0 Å². The minimum absolute atomic E-state index is 0.199. The number of aromatic nitrogens is 2. The van der Waals surface area contributed by atoms with Gasteiger partial charge >= 0.3 is 0 Å². The number of rotatable bonds is 5. The van der Waals surface area contributed by atoms with Crippen LogP contribution in [0.15, 0.2) is 90.1 Å². The highest BCUT2D eigenvalue weighted by atomic mass is 32.2. The molecule has 0 saturated carbocycles. The number of pyridine rings is 1. The maximum Gasteiger partial charge on any atom is 0.269 e. The summed E-state index contributed by atoms with van der Waals surface area (Å²) in [7, 11) is -2.29. The SMILES string of the molecule is COc1ccc(C)cc1-c1cn(S(=O)(=O)c2ccc(C)cc2)c2ncc(-c3cccc(N)c3)cc12. The minimum atomic E-state index is -3.89. The van der Waals surface area contributed by atoms with E-state index in [0.717, 1.165) is 33.4 Å². The molecule has 0 radical (unpaired) electrons. The zero-order valence-corrected chi connectivity index (χ0v) is 20.5. The fourth-order valence-corrected chi connectivity index (χ4v) is 5.53. The van der Waals surface area contributed by atoms with Crippen LogP contribution in [0, 0.1) is 13.8 Å². The molecule has 6 nitrogen and oxygen atoms in total. The standard InChI is InChI=1S/C28H25N3O3S/c1-18-7-10-23(11-8-18)35(32,33)31-17-26(24-13-19(2)9-12-27(24)34-3)25-15-21(16-30-28(25)31)20-5-4-6-22(29)14-20/h4-17H,29H2,1-3H3. The molecule has 2 aromatic heterocycles. The molecule has 0 amide bonds. The van der Waals surface area contributed by atoms with Crippen molar-refractivity contribution in [1.82, 2.24) is 8.96 Å². The van der Waals surface area contributed by atoms with Gasteiger partial charge in [0.25, 0.3) is 10.0 Å². The Balaban J connectivity index is 1.82. The van der Waals surface area contributed by atoms with Crippen molar-refractivity contribution in [3.63, 3.8) is 0 Å². The Hall–Kier alpha value is -4.10. The summed E-state index contributed by atoms with van der Waals surface area (Å²) in [4.78, 5) is 4.82. The topological polar surface area (TPSA) is 87.2 Å². The number of aryl methyl sites for hydroxylation is 2. The van der Waals surface area contributed by atoms with E-state index >= 15 is 0 Å². The van der Waals surface area contributed by atoms with E-state index in [2.05, 4.69) is 4.98 Å². The molecule has 0 unspecified atom stereocenters. The van der Waals surface area contributed by atoms with Crippen molar-refractivity contribution in [2.45, 2.75) is 18.7 Å². The quantitative estimate of drug-likeness (QED) is 0.319. The molecular formula is C28H25N3O3S. The van der Waals surface area contributed by atoms with Crippen LogP contribution in [-0.4, -0.2) is 24.5 Å². The molecule has 0 atom stereocenters. The molecule has 2 heterocycles. The second kappa shape index (κ2) is 8.60. The Morgan fingerprint density at radius 1 is 0.857 bits per heavy atom. The minimum Gasteiger partial charge on any atom is -0.496 e. The predicted molar refractivity (Wildman–Crippen MR) is 140 cm³/mol. The van der Waals surface area contributed by atoms with Gasteiger partial charge in [-0.1, -0.05) is 41.5 Å². The third-order valence-corrected chi connectivity index (χ3v) is 7.72. The molecule has 7 heteroatoms. The third kappa shape index (κ3) is 4.04. The Kier molecular flexibility index (Phi) is 5.57. The fourth-order valence-electron chi connectivity index (χ4n) is 4.21. The summed E-state index contributed by atoms with van der Waals surface area (Å²) in [6.45, 7) is 3.91. The Morgan fingerprint density at radius 3 is 2.31 bits per heavy atom. The van der Waals surface area contributed by atoms with E-state index in [-0.39, 0.29) is 4.90 Å². The average molecular weight is 484 g/mol. The maximum atomic E-state index is 13.7. The zero-order valence-electron chi connectivity index (χ0n) is 19.7. The first-order valence-corrected chi connectivity index (χ1v) is 12.6. The number of nitrogens with two attached hydrogens (primary N) is 1. The lowest BCUT2D eigenvalue weighted by Crippen LogP contribution is -2.12. The van der Waals surface area contributed by atoms with Crippen molar-refractivity contribution in [2.75, 3.05) is 12.8 Å². The van der Waals surface area contributed by atoms with Gasteiger partial charge < -0.3 is 10.5 Å². The lowest BCUT2D eigenvalue weighted by atomic mass is 10.00. The van der Waals surface area contributed by atoms with Gasteiger partial charge in [0, 0.05) is 40.2 Å². The second-order valence-electron chi connectivity index (χ2n) is 8.58. The summed E-state index contributed by atoms with van der Waals surface area (Å²) < 4.78 is 34.3. The van der Waals surface area contributed by atoms with Crippen LogP contribution in [0.1, 0.15) is 11.1 Å². The highest BCUT2D eigenvalue weighted by Gasteiger charge is 2.24. The van der Waals surface area contributed by atoms with E-state index in [1.165, 1.54) is 3.97 Å². The zero-order chi connectivity index (χ0) is 24.7. The van der Waals surface area contributed by atoms with Crippen molar-refractivity contribution < 1.29 is 13.2 Å². The molecule has 0 aliphatic carbocycles. The van der Waals surface area contributed by atoms with Crippen LogP contribution in [0.2, 0.25) is 0 Å². The van der Waals surface area contributed by atoms with Crippen molar-refractivity contribution >= 4 is 26.7 Å². The molecule has 0 bridgehead atoms.